The molecule has 0 bridgehead atoms. The number of carbonyl (C=O) groups excluding carboxylic acids is 1. The summed E-state index contributed by atoms with van der Waals surface area (Å²) in [5.41, 5.74) is -2.01. The van der Waals surface area contributed by atoms with Crippen LogP contribution in [-0.4, -0.2) is 85.0 Å². The van der Waals surface area contributed by atoms with Crippen LogP contribution in [0.25, 0.3) is 22.2 Å². The van der Waals surface area contributed by atoms with Crippen LogP contribution in [0.15, 0.2) is 77.7 Å². The summed E-state index contributed by atoms with van der Waals surface area (Å²) in [6, 6.07) is 12.6. The molecule has 3 aromatic carbocycles. The largest absolute Gasteiger partial charge is 0.416 e. The van der Waals surface area contributed by atoms with Gasteiger partial charge < -0.3 is 10.4 Å². The minimum absolute atomic E-state index is 0.0592. The minimum Gasteiger partial charge on any atom is -0.392 e. The zero-order valence-corrected chi connectivity index (χ0v) is 28.3. The summed E-state index contributed by atoms with van der Waals surface area (Å²) in [5, 5.41) is 12.1. The molecule has 0 aliphatic carbocycles. The zero-order chi connectivity index (χ0) is 36.7. The minimum atomic E-state index is -4.94. The second-order valence-corrected chi connectivity index (χ2v) is 15.1. The number of aliphatic hydroxyl groups excluding tert-OH is 1. The third kappa shape index (κ3) is 8.06. The van der Waals surface area contributed by atoms with Crippen LogP contribution >= 0.6 is 0 Å². The van der Waals surface area contributed by atoms with Gasteiger partial charge in [0.1, 0.15) is 0 Å². The molecule has 4 aromatic rings. The Labute approximate surface area is 291 Å². The van der Waals surface area contributed by atoms with Crippen LogP contribution in [0, 0.1) is 0 Å². The number of nitrogens with one attached hydrogen (secondary N) is 1. The number of alkyl halides is 6. The smallest absolute Gasteiger partial charge is 0.392 e. The maximum atomic E-state index is 14.5. The van der Waals surface area contributed by atoms with Crippen molar-refractivity contribution in [1.82, 2.24) is 20.1 Å². The summed E-state index contributed by atoms with van der Waals surface area (Å²) in [5.74, 6) is -1.19. The number of piperidine rings is 1. The Balaban J connectivity index is 1.53. The maximum Gasteiger partial charge on any atom is 0.416 e. The third-order valence-electron chi connectivity index (χ3n) is 9.56. The van der Waals surface area contributed by atoms with E-state index in [0.29, 0.717) is 38.9 Å². The summed E-state index contributed by atoms with van der Waals surface area (Å²) in [4.78, 5) is 22.8. The summed E-state index contributed by atoms with van der Waals surface area (Å²) >= 11 is 0. The number of fused-ring (bicyclic) bond motifs is 1. The van der Waals surface area contributed by atoms with Crippen molar-refractivity contribution in [3.05, 3.63) is 95.1 Å². The van der Waals surface area contributed by atoms with E-state index in [1.807, 2.05) is 4.90 Å². The first-order valence-corrected chi connectivity index (χ1v) is 18.3. The van der Waals surface area contributed by atoms with Crippen molar-refractivity contribution in [2.24, 2.45) is 0 Å². The van der Waals surface area contributed by atoms with E-state index in [1.165, 1.54) is 54.6 Å². The Hall–Kier alpha value is -4.05. The summed E-state index contributed by atoms with van der Waals surface area (Å²) in [6.45, 7) is 2.19. The number of nitrogens with zero attached hydrogens (tertiary/aromatic N) is 3. The molecular formula is C36H36F6N4O4S. The van der Waals surface area contributed by atoms with Gasteiger partial charge in [-0.1, -0.05) is 54.6 Å². The fraction of sp³-hybridized carbons (Fsp3) is 0.389. The molecule has 1 amide bonds. The first-order chi connectivity index (χ1) is 24.0. The van der Waals surface area contributed by atoms with Crippen molar-refractivity contribution < 1.29 is 44.7 Å². The number of carbonyl (C=O) groups is 1. The lowest BCUT2D eigenvalue weighted by Crippen LogP contribution is -2.44. The van der Waals surface area contributed by atoms with Gasteiger partial charge in [0.05, 0.1) is 33.3 Å². The number of pyridine rings is 1. The highest BCUT2D eigenvalue weighted by molar-refractivity contribution is 7.91. The molecule has 0 saturated carbocycles. The summed E-state index contributed by atoms with van der Waals surface area (Å²) < 4.78 is 111. The Morgan fingerprint density at radius 3 is 2.24 bits per heavy atom. The number of amides is 1. The second-order valence-electron chi connectivity index (χ2n) is 13.1. The lowest BCUT2D eigenvalue weighted by Gasteiger charge is -2.37. The lowest BCUT2D eigenvalue weighted by molar-refractivity contribution is -0.155. The SMILES string of the molecule is CS(=O)(=O)c1cccc2c(C(=O)N[C@H](c3ccccc3)C(F)(F)F)c(CN3CCC(N4CC[C@H](O)C4)CC3)c(-c3cccc(C(F)(F)F)c3)nc12. The first kappa shape index (κ1) is 36.7. The third-order valence-corrected chi connectivity index (χ3v) is 10.7. The van der Waals surface area contributed by atoms with E-state index in [-0.39, 0.29) is 56.3 Å². The number of aromatic nitrogens is 1. The molecule has 2 N–H and O–H groups in total. The molecule has 2 aliphatic heterocycles. The fourth-order valence-corrected chi connectivity index (χ4v) is 7.90. The number of likely N-dealkylation sites (tertiary alicyclic amines) is 2. The van der Waals surface area contributed by atoms with Gasteiger partial charge in [0.25, 0.3) is 5.91 Å². The highest BCUT2D eigenvalue weighted by Gasteiger charge is 2.43. The lowest BCUT2D eigenvalue weighted by atomic mass is 9.93. The number of para-hydroxylation sites is 1. The highest BCUT2D eigenvalue weighted by Crippen LogP contribution is 2.39. The average molecular weight is 735 g/mol. The summed E-state index contributed by atoms with van der Waals surface area (Å²) in [7, 11) is -4.04. The molecule has 0 unspecified atom stereocenters. The Kier molecular flexibility index (Phi) is 10.2. The molecule has 51 heavy (non-hydrogen) atoms. The van der Waals surface area contributed by atoms with Gasteiger partial charge in [0.15, 0.2) is 15.9 Å². The molecule has 2 atom stereocenters. The monoisotopic (exact) mass is 734 g/mol. The molecule has 15 heteroatoms. The van der Waals surface area contributed by atoms with Gasteiger partial charge in [-0.15, -0.1) is 0 Å². The molecule has 6 rings (SSSR count). The van der Waals surface area contributed by atoms with Gasteiger partial charge in [0, 0.05) is 48.4 Å². The van der Waals surface area contributed by atoms with Crippen molar-refractivity contribution in [2.75, 3.05) is 32.4 Å². The van der Waals surface area contributed by atoms with Gasteiger partial charge in [-0.3, -0.25) is 14.6 Å². The number of sulfone groups is 1. The van der Waals surface area contributed by atoms with Crippen molar-refractivity contribution in [3.8, 4) is 11.3 Å². The predicted molar refractivity (Wildman–Crippen MR) is 178 cm³/mol. The molecule has 0 spiro atoms. The van der Waals surface area contributed by atoms with Crippen molar-refractivity contribution in [2.45, 2.75) is 61.2 Å². The molecule has 272 valence electrons. The van der Waals surface area contributed by atoms with Crippen LogP contribution in [0.2, 0.25) is 0 Å². The van der Waals surface area contributed by atoms with E-state index in [2.05, 4.69) is 15.2 Å². The van der Waals surface area contributed by atoms with E-state index < -0.39 is 45.8 Å². The molecule has 2 aliphatic rings. The zero-order valence-electron chi connectivity index (χ0n) is 27.5. The van der Waals surface area contributed by atoms with E-state index in [9.17, 15) is 44.7 Å². The molecule has 3 heterocycles. The Bertz CT molecular complexity index is 2020. The number of hydrogen-bond donors (Lipinski definition) is 2. The predicted octanol–water partition coefficient (Wildman–Crippen LogP) is 6.39. The van der Waals surface area contributed by atoms with Gasteiger partial charge in [0.2, 0.25) is 0 Å². The van der Waals surface area contributed by atoms with Gasteiger partial charge in [-0.2, -0.15) is 26.3 Å². The number of hydrogen-bond acceptors (Lipinski definition) is 7. The topological polar surface area (TPSA) is 103 Å². The molecule has 1 aromatic heterocycles. The number of β-amino-alcohol motifs (C(OH)–C–C–N with tert-alkyl or cyclic N) is 1. The van der Waals surface area contributed by atoms with Crippen molar-refractivity contribution in [3.63, 3.8) is 0 Å². The number of halogens is 6. The molecule has 2 saturated heterocycles. The van der Waals surface area contributed by atoms with E-state index in [1.54, 1.807) is 0 Å². The van der Waals surface area contributed by atoms with Crippen LogP contribution in [-0.2, 0) is 22.6 Å². The van der Waals surface area contributed by atoms with Gasteiger partial charge in [-0.25, -0.2) is 13.4 Å². The molecule has 2 fully saturated rings. The number of rotatable bonds is 8. The van der Waals surface area contributed by atoms with Crippen molar-refractivity contribution in [1.29, 1.82) is 0 Å². The van der Waals surface area contributed by atoms with Gasteiger partial charge >= 0.3 is 12.4 Å². The van der Waals surface area contributed by atoms with Crippen LogP contribution in [0.1, 0.15) is 52.4 Å². The first-order valence-electron chi connectivity index (χ1n) is 16.4. The van der Waals surface area contributed by atoms with Crippen LogP contribution < -0.4 is 5.32 Å². The van der Waals surface area contributed by atoms with Crippen LogP contribution in [0.4, 0.5) is 26.3 Å². The molecule has 8 nitrogen and oxygen atoms in total. The highest BCUT2D eigenvalue weighted by atomic mass is 32.2. The van der Waals surface area contributed by atoms with Crippen molar-refractivity contribution >= 4 is 26.6 Å². The molecule has 0 radical (unpaired) electrons. The van der Waals surface area contributed by atoms with Gasteiger partial charge in [-0.05, 0) is 56.1 Å². The number of benzene rings is 3. The van der Waals surface area contributed by atoms with E-state index >= 15 is 0 Å². The number of aliphatic hydroxyl groups is 1. The van der Waals surface area contributed by atoms with E-state index in [0.717, 1.165) is 31.0 Å². The standard InChI is InChI=1S/C36H36F6N4O4S/c1-51(49,50)29-12-6-11-27-30(34(48)44-33(36(40,41)42)22-7-3-2-4-8-22)28(21-45-16-13-25(14-17-45)46-18-15-26(47)20-46)31(43-32(27)29)23-9-5-10-24(19-23)35(37,38)39/h2-12,19,25-26,33,47H,13-18,20-21H2,1H3,(H,44,48)/t26-,33+/m0/s1. The quantitative estimate of drug-likeness (QED) is 0.203. The summed E-state index contributed by atoms with van der Waals surface area (Å²) in [6.07, 6.45) is -7.18. The van der Waals surface area contributed by atoms with E-state index in [4.69, 9.17) is 0 Å². The second kappa shape index (κ2) is 14.2. The maximum absolute atomic E-state index is 14.5. The average Bonchev–Trinajstić information content (AvgIpc) is 3.52. The Morgan fingerprint density at radius 1 is 0.941 bits per heavy atom. The van der Waals surface area contributed by atoms with Crippen LogP contribution in [0.3, 0.4) is 0 Å². The Morgan fingerprint density at radius 2 is 1.63 bits per heavy atom. The fourth-order valence-electron chi connectivity index (χ4n) is 7.06. The molecular weight excluding hydrogens is 698 g/mol. The van der Waals surface area contributed by atoms with Crippen LogP contribution in [0.5, 0.6) is 0 Å². The normalized spacial score (nSPS) is 19.0.